The number of carbonyl (C=O) groups is 1. The van der Waals surface area contributed by atoms with Gasteiger partial charge in [-0.2, -0.15) is 0 Å². The van der Waals surface area contributed by atoms with Gasteiger partial charge in [0.05, 0.1) is 19.2 Å². The van der Waals surface area contributed by atoms with Crippen LogP contribution in [0.15, 0.2) is 16.7 Å². The van der Waals surface area contributed by atoms with Gasteiger partial charge in [0.15, 0.2) is 0 Å². The Kier molecular flexibility index (Phi) is 6.50. The molecule has 0 fully saturated rings. The molecule has 0 unspecified atom stereocenters. The molecule has 0 amide bonds. The summed E-state index contributed by atoms with van der Waals surface area (Å²) in [6.07, 6.45) is 5.12. The number of hydrogen-bond donors (Lipinski definition) is 1. The van der Waals surface area contributed by atoms with Gasteiger partial charge in [0.1, 0.15) is 12.0 Å². The molecule has 1 N–H and O–H groups in total. The number of hydrogen-bond acceptors (Lipinski definition) is 4. The Morgan fingerprint density at radius 1 is 1.44 bits per heavy atom. The molecule has 0 radical (unpaired) electrons. The Morgan fingerprint density at radius 3 is 2.89 bits per heavy atom. The van der Waals surface area contributed by atoms with Gasteiger partial charge in [0, 0.05) is 0 Å². The lowest BCUT2D eigenvalue weighted by Gasteiger charge is -2.04. The van der Waals surface area contributed by atoms with E-state index < -0.39 is 0 Å². The van der Waals surface area contributed by atoms with Crippen LogP contribution in [0, 0.1) is 5.92 Å². The fourth-order valence-corrected chi connectivity index (χ4v) is 1.71. The third-order valence-corrected chi connectivity index (χ3v) is 2.76. The number of carbonyl (C=O) groups excluding carboxylic acids is 1. The zero-order chi connectivity index (χ0) is 13.4. The van der Waals surface area contributed by atoms with Crippen molar-refractivity contribution in [3.63, 3.8) is 0 Å². The zero-order valence-corrected chi connectivity index (χ0v) is 11.5. The van der Waals surface area contributed by atoms with E-state index in [1.807, 2.05) is 0 Å². The summed E-state index contributed by atoms with van der Waals surface area (Å²) in [5, 5.41) is 3.30. The van der Waals surface area contributed by atoms with Crippen molar-refractivity contribution < 1.29 is 13.9 Å². The van der Waals surface area contributed by atoms with Crippen molar-refractivity contribution in [2.75, 3.05) is 13.7 Å². The lowest BCUT2D eigenvalue weighted by molar-refractivity contribution is 0.0600. The number of nitrogens with one attached hydrogen (secondary N) is 1. The van der Waals surface area contributed by atoms with Crippen molar-refractivity contribution >= 4 is 5.97 Å². The van der Waals surface area contributed by atoms with Crippen molar-refractivity contribution in [3.05, 3.63) is 23.7 Å². The summed E-state index contributed by atoms with van der Waals surface area (Å²) in [5.41, 5.74) is 0.467. The average Bonchev–Trinajstić information content (AvgIpc) is 2.81. The first-order chi connectivity index (χ1) is 8.63. The quantitative estimate of drug-likeness (QED) is 0.571. The molecule has 18 heavy (non-hydrogen) atoms. The summed E-state index contributed by atoms with van der Waals surface area (Å²) in [6, 6.07) is 1.72. The molecule has 0 aliphatic heterocycles. The predicted molar refractivity (Wildman–Crippen MR) is 70.4 cm³/mol. The zero-order valence-electron chi connectivity index (χ0n) is 11.5. The van der Waals surface area contributed by atoms with Crippen LogP contribution < -0.4 is 5.32 Å². The molecule has 1 rings (SSSR count). The van der Waals surface area contributed by atoms with Crippen molar-refractivity contribution in [1.82, 2.24) is 5.32 Å². The number of esters is 1. The summed E-state index contributed by atoms with van der Waals surface area (Å²) in [5.74, 6) is 1.18. The van der Waals surface area contributed by atoms with E-state index in [-0.39, 0.29) is 5.97 Å². The van der Waals surface area contributed by atoms with E-state index in [4.69, 9.17) is 4.42 Å². The molecule has 1 aromatic heterocycles. The fraction of sp³-hybridized carbons (Fsp3) is 0.643. The number of ether oxygens (including phenoxy) is 1. The van der Waals surface area contributed by atoms with Crippen LogP contribution in [0.5, 0.6) is 0 Å². The van der Waals surface area contributed by atoms with Gasteiger partial charge >= 0.3 is 5.97 Å². The lowest BCUT2D eigenvalue weighted by atomic mass is 10.1. The molecule has 0 aliphatic rings. The molecule has 1 heterocycles. The van der Waals surface area contributed by atoms with E-state index in [0.717, 1.165) is 18.2 Å². The molecule has 0 spiro atoms. The molecule has 0 aliphatic carbocycles. The molecule has 0 saturated heterocycles. The normalized spacial score (nSPS) is 10.9. The van der Waals surface area contributed by atoms with Gasteiger partial charge < -0.3 is 14.5 Å². The topological polar surface area (TPSA) is 51.5 Å². The Labute approximate surface area is 109 Å². The van der Waals surface area contributed by atoms with Crippen LogP contribution in [0.25, 0.3) is 0 Å². The maximum Gasteiger partial charge on any atom is 0.341 e. The van der Waals surface area contributed by atoms with Crippen molar-refractivity contribution in [2.45, 2.75) is 39.7 Å². The van der Waals surface area contributed by atoms with Crippen LogP contribution in [0.3, 0.4) is 0 Å². The molecule has 0 saturated carbocycles. The van der Waals surface area contributed by atoms with Crippen LogP contribution >= 0.6 is 0 Å². The summed E-state index contributed by atoms with van der Waals surface area (Å²) < 4.78 is 9.88. The van der Waals surface area contributed by atoms with Crippen LogP contribution in [0.1, 0.15) is 49.2 Å². The second kappa shape index (κ2) is 7.93. The minimum absolute atomic E-state index is 0.359. The highest BCUT2D eigenvalue weighted by Gasteiger charge is 2.09. The molecule has 0 bridgehead atoms. The van der Waals surface area contributed by atoms with E-state index in [1.54, 1.807) is 6.07 Å². The maximum atomic E-state index is 11.2. The number of unbranched alkanes of at least 4 members (excludes halogenated alkanes) is 1. The minimum atomic E-state index is -0.359. The smallest absolute Gasteiger partial charge is 0.341 e. The Hall–Kier alpha value is -1.29. The van der Waals surface area contributed by atoms with Crippen LogP contribution in [0.4, 0.5) is 0 Å². The van der Waals surface area contributed by atoms with Gasteiger partial charge in [0.2, 0.25) is 0 Å². The van der Waals surface area contributed by atoms with E-state index >= 15 is 0 Å². The van der Waals surface area contributed by atoms with Gasteiger partial charge in [-0.3, -0.25) is 0 Å². The van der Waals surface area contributed by atoms with Gasteiger partial charge in [-0.1, -0.05) is 26.7 Å². The number of rotatable bonds is 8. The predicted octanol–water partition coefficient (Wildman–Crippen LogP) is 2.98. The fourth-order valence-electron chi connectivity index (χ4n) is 1.71. The largest absolute Gasteiger partial charge is 0.467 e. The molecular weight excluding hydrogens is 230 g/mol. The summed E-state index contributed by atoms with van der Waals surface area (Å²) >= 11 is 0. The van der Waals surface area contributed by atoms with Crippen LogP contribution in [0.2, 0.25) is 0 Å². The highest BCUT2D eigenvalue weighted by Crippen LogP contribution is 2.09. The monoisotopic (exact) mass is 253 g/mol. The first-order valence-corrected chi connectivity index (χ1v) is 6.50. The number of methoxy groups -OCH3 is 1. The standard InChI is InChI=1S/C14H23NO3/c1-11(2)6-4-5-7-15-9-13-8-12(10-18-13)14(16)17-3/h8,10-11,15H,4-7,9H2,1-3H3. The summed E-state index contributed by atoms with van der Waals surface area (Å²) in [6.45, 7) is 6.11. The van der Waals surface area contributed by atoms with Crippen LogP contribution in [-0.4, -0.2) is 19.6 Å². The van der Waals surface area contributed by atoms with Gasteiger partial charge in [-0.05, 0) is 24.9 Å². The molecular formula is C14H23NO3. The first kappa shape index (κ1) is 14.8. The van der Waals surface area contributed by atoms with Crippen molar-refractivity contribution in [2.24, 2.45) is 5.92 Å². The van der Waals surface area contributed by atoms with Gasteiger partial charge in [-0.15, -0.1) is 0 Å². The van der Waals surface area contributed by atoms with Crippen molar-refractivity contribution in [3.8, 4) is 0 Å². The van der Waals surface area contributed by atoms with Crippen LogP contribution in [-0.2, 0) is 11.3 Å². The van der Waals surface area contributed by atoms with E-state index in [0.29, 0.717) is 12.1 Å². The molecule has 0 atom stereocenters. The number of furan rings is 1. The average molecular weight is 253 g/mol. The Bertz CT molecular complexity index is 358. The van der Waals surface area contributed by atoms with E-state index in [2.05, 4.69) is 23.9 Å². The van der Waals surface area contributed by atoms with E-state index in [1.165, 1.54) is 32.6 Å². The molecule has 4 heteroatoms. The highest BCUT2D eigenvalue weighted by atomic mass is 16.5. The molecule has 4 nitrogen and oxygen atoms in total. The second-order valence-electron chi connectivity index (χ2n) is 4.86. The Morgan fingerprint density at radius 2 is 2.22 bits per heavy atom. The first-order valence-electron chi connectivity index (χ1n) is 6.50. The molecule has 0 aromatic carbocycles. The lowest BCUT2D eigenvalue weighted by Crippen LogP contribution is -2.14. The SMILES string of the molecule is COC(=O)c1coc(CNCCCCC(C)C)c1. The maximum absolute atomic E-state index is 11.2. The van der Waals surface area contributed by atoms with Crippen molar-refractivity contribution in [1.29, 1.82) is 0 Å². The van der Waals surface area contributed by atoms with Gasteiger partial charge in [0.25, 0.3) is 0 Å². The second-order valence-corrected chi connectivity index (χ2v) is 4.86. The third kappa shape index (κ3) is 5.36. The molecule has 1 aromatic rings. The van der Waals surface area contributed by atoms with Gasteiger partial charge in [-0.25, -0.2) is 4.79 Å². The summed E-state index contributed by atoms with van der Waals surface area (Å²) in [4.78, 5) is 11.2. The third-order valence-electron chi connectivity index (χ3n) is 2.76. The Balaban J connectivity index is 2.16. The minimum Gasteiger partial charge on any atom is -0.467 e. The van der Waals surface area contributed by atoms with E-state index in [9.17, 15) is 4.79 Å². The summed E-state index contributed by atoms with van der Waals surface area (Å²) in [7, 11) is 1.36. The molecule has 102 valence electrons. The highest BCUT2D eigenvalue weighted by molar-refractivity contribution is 5.88.